The first kappa shape index (κ1) is 22.7. The van der Waals surface area contributed by atoms with Crippen LogP contribution in [0.5, 0.6) is 0 Å². The van der Waals surface area contributed by atoms with E-state index in [2.05, 4.69) is 4.72 Å². The molecular weight excluding hydrogens is 458 g/mol. The van der Waals surface area contributed by atoms with E-state index in [1.807, 2.05) is 84.4 Å². The second-order valence-electron chi connectivity index (χ2n) is 8.67. The predicted octanol–water partition coefficient (Wildman–Crippen LogP) is 5.51. The van der Waals surface area contributed by atoms with E-state index in [0.29, 0.717) is 33.4 Å². The third kappa shape index (κ3) is 4.04. The number of aromatic nitrogens is 2. The number of fused-ring (bicyclic) bond motifs is 1. The average Bonchev–Trinajstić information content (AvgIpc) is 3.11. The molecule has 0 saturated carbocycles. The molecule has 0 aliphatic heterocycles. The summed E-state index contributed by atoms with van der Waals surface area (Å²) in [4.78, 5) is 13.9. The van der Waals surface area contributed by atoms with Crippen LogP contribution in [-0.2, 0) is 10.0 Å². The lowest BCUT2D eigenvalue weighted by Gasteiger charge is -2.14. The van der Waals surface area contributed by atoms with Gasteiger partial charge in [-0.3, -0.25) is 9.52 Å². The zero-order valence-corrected chi connectivity index (χ0v) is 20.5. The molecule has 0 radical (unpaired) electrons. The van der Waals surface area contributed by atoms with Gasteiger partial charge in [-0.05, 0) is 74.4 Å². The Bertz CT molecular complexity index is 1700. The third-order valence-corrected chi connectivity index (χ3v) is 7.66. The first-order chi connectivity index (χ1) is 16.8. The van der Waals surface area contributed by atoms with Crippen molar-refractivity contribution in [3.05, 3.63) is 118 Å². The second kappa shape index (κ2) is 8.60. The minimum atomic E-state index is -3.85. The van der Waals surface area contributed by atoms with Crippen LogP contribution in [0, 0.1) is 20.8 Å². The largest absolute Gasteiger partial charge is 0.280 e. The summed E-state index contributed by atoms with van der Waals surface area (Å²) in [5.74, 6) is 0. The lowest BCUT2D eigenvalue weighted by molar-refractivity contribution is 0.600. The summed E-state index contributed by atoms with van der Waals surface area (Å²) in [5.41, 5.74) is 4.67. The summed E-state index contributed by atoms with van der Waals surface area (Å²) in [6, 6.07) is 27.7. The number of anilines is 1. The zero-order valence-electron chi connectivity index (χ0n) is 19.7. The fourth-order valence-electron chi connectivity index (χ4n) is 4.69. The van der Waals surface area contributed by atoms with Gasteiger partial charge in [0.15, 0.2) is 0 Å². The molecule has 6 nitrogen and oxygen atoms in total. The highest BCUT2D eigenvalue weighted by molar-refractivity contribution is 7.92. The predicted molar refractivity (Wildman–Crippen MR) is 140 cm³/mol. The molecule has 0 atom stereocenters. The maximum Gasteiger partial charge on any atom is 0.279 e. The highest BCUT2D eigenvalue weighted by Crippen LogP contribution is 2.27. The van der Waals surface area contributed by atoms with Crippen molar-refractivity contribution < 1.29 is 8.42 Å². The molecule has 0 spiro atoms. The minimum Gasteiger partial charge on any atom is -0.280 e. The molecular formula is C28H25N3O3S. The van der Waals surface area contributed by atoms with E-state index < -0.39 is 10.0 Å². The van der Waals surface area contributed by atoms with Crippen molar-refractivity contribution in [2.75, 3.05) is 4.72 Å². The van der Waals surface area contributed by atoms with Crippen LogP contribution in [0.15, 0.2) is 101 Å². The van der Waals surface area contributed by atoms with Crippen molar-refractivity contribution in [1.29, 1.82) is 0 Å². The molecule has 4 aromatic carbocycles. The molecule has 1 aromatic heterocycles. The first-order valence-corrected chi connectivity index (χ1v) is 12.7. The van der Waals surface area contributed by atoms with Gasteiger partial charge < -0.3 is 0 Å². The summed E-state index contributed by atoms with van der Waals surface area (Å²) in [6.07, 6.45) is 0. The van der Waals surface area contributed by atoms with Crippen molar-refractivity contribution >= 4 is 26.6 Å². The molecule has 0 saturated heterocycles. The van der Waals surface area contributed by atoms with Gasteiger partial charge in [0.25, 0.3) is 15.6 Å². The Kier molecular flexibility index (Phi) is 5.57. The maximum absolute atomic E-state index is 13.6. The molecule has 0 bridgehead atoms. The summed E-state index contributed by atoms with van der Waals surface area (Å²) < 4.78 is 32.7. The Morgan fingerprint density at radius 2 is 1.23 bits per heavy atom. The number of aryl methyl sites for hydroxylation is 3. The number of hydrogen-bond acceptors (Lipinski definition) is 3. The van der Waals surface area contributed by atoms with Crippen LogP contribution in [0.1, 0.15) is 16.7 Å². The Morgan fingerprint density at radius 3 is 1.80 bits per heavy atom. The third-order valence-electron chi connectivity index (χ3n) is 5.97. The Balaban J connectivity index is 1.68. The highest BCUT2D eigenvalue weighted by Gasteiger charge is 2.22. The van der Waals surface area contributed by atoms with Crippen LogP contribution in [0.4, 0.5) is 5.69 Å². The molecule has 35 heavy (non-hydrogen) atoms. The van der Waals surface area contributed by atoms with Gasteiger partial charge in [0, 0.05) is 5.69 Å². The van der Waals surface area contributed by atoms with Gasteiger partial charge in [0.1, 0.15) is 0 Å². The molecule has 5 aromatic rings. The van der Waals surface area contributed by atoms with E-state index in [0.717, 1.165) is 11.3 Å². The van der Waals surface area contributed by atoms with Crippen LogP contribution in [0.2, 0.25) is 0 Å². The van der Waals surface area contributed by atoms with Gasteiger partial charge in [0.05, 0.1) is 27.2 Å². The van der Waals surface area contributed by atoms with E-state index in [4.69, 9.17) is 0 Å². The number of sulfonamides is 1. The van der Waals surface area contributed by atoms with Crippen LogP contribution >= 0.6 is 0 Å². The maximum atomic E-state index is 13.6. The Labute approximate surface area is 204 Å². The van der Waals surface area contributed by atoms with Crippen molar-refractivity contribution in [3.8, 4) is 11.4 Å². The lowest BCUT2D eigenvalue weighted by atomic mass is 10.1. The fourth-order valence-corrected chi connectivity index (χ4v) is 6.20. The van der Waals surface area contributed by atoms with E-state index in [9.17, 15) is 13.2 Å². The summed E-state index contributed by atoms with van der Waals surface area (Å²) >= 11 is 0. The number of benzene rings is 4. The molecule has 0 aliphatic carbocycles. The quantitative estimate of drug-likeness (QED) is 0.358. The second-order valence-corrected chi connectivity index (χ2v) is 10.3. The molecule has 0 fully saturated rings. The monoisotopic (exact) mass is 483 g/mol. The van der Waals surface area contributed by atoms with Crippen molar-refractivity contribution in [2.45, 2.75) is 25.7 Å². The SMILES string of the molecule is Cc1cc(C)c(S(=O)(=O)Nc2ccc3c(c2)c(=O)n(-c2ccccc2)n3-c2ccccc2)c(C)c1. The number of rotatable bonds is 5. The molecule has 1 heterocycles. The van der Waals surface area contributed by atoms with Crippen molar-refractivity contribution in [1.82, 2.24) is 9.36 Å². The highest BCUT2D eigenvalue weighted by atomic mass is 32.2. The normalized spacial score (nSPS) is 11.6. The van der Waals surface area contributed by atoms with Gasteiger partial charge in [-0.2, -0.15) is 0 Å². The summed E-state index contributed by atoms with van der Waals surface area (Å²) in [5, 5.41) is 0.412. The first-order valence-electron chi connectivity index (χ1n) is 11.3. The van der Waals surface area contributed by atoms with Crippen LogP contribution in [-0.4, -0.2) is 17.8 Å². The molecule has 0 amide bonds. The Hall–Kier alpha value is -4.10. The van der Waals surface area contributed by atoms with Gasteiger partial charge in [-0.15, -0.1) is 0 Å². The van der Waals surface area contributed by atoms with Crippen molar-refractivity contribution in [3.63, 3.8) is 0 Å². The smallest absolute Gasteiger partial charge is 0.279 e. The van der Waals surface area contributed by atoms with E-state index >= 15 is 0 Å². The number of nitrogens with one attached hydrogen (secondary N) is 1. The van der Waals surface area contributed by atoms with E-state index in [1.54, 1.807) is 36.7 Å². The van der Waals surface area contributed by atoms with E-state index in [1.165, 1.54) is 0 Å². The molecule has 7 heteroatoms. The van der Waals surface area contributed by atoms with Gasteiger partial charge in [0.2, 0.25) is 0 Å². The topological polar surface area (TPSA) is 73.1 Å². The summed E-state index contributed by atoms with van der Waals surface area (Å²) in [7, 11) is -3.85. The van der Waals surface area contributed by atoms with Crippen LogP contribution in [0.3, 0.4) is 0 Å². The van der Waals surface area contributed by atoms with Gasteiger partial charge >= 0.3 is 0 Å². The van der Waals surface area contributed by atoms with Crippen LogP contribution in [0.25, 0.3) is 22.3 Å². The Morgan fingerprint density at radius 1 is 0.686 bits per heavy atom. The molecule has 176 valence electrons. The minimum absolute atomic E-state index is 0.237. The molecule has 1 N–H and O–H groups in total. The van der Waals surface area contributed by atoms with Crippen LogP contribution < -0.4 is 10.3 Å². The van der Waals surface area contributed by atoms with Crippen molar-refractivity contribution in [2.24, 2.45) is 0 Å². The standard InChI is InChI=1S/C28H25N3O3S/c1-19-16-20(2)27(21(3)17-19)35(33,34)29-22-14-15-26-25(18-22)28(32)31(24-12-8-5-9-13-24)30(26)23-10-6-4-7-11-23/h4-18,29H,1-3H3. The lowest BCUT2D eigenvalue weighted by Crippen LogP contribution is -2.20. The molecule has 0 aliphatic rings. The molecule has 0 unspecified atom stereocenters. The average molecular weight is 484 g/mol. The fraction of sp³-hybridized carbons (Fsp3) is 0.107. The number of para-hydroxylation sites is 2. The summed E-state index contributed by atoms with van der Waals surface area (Å²) in [6.45, 7) is 5.51. The van der Waals surface area contributed by atoms with Gasteiger partial charge in [-0.25, -0.2) is 17.8 Å². The zero-order chi connectivity index (χ0) is 24.7. The van der Waals surface area contributed by atoms with E-state index in [-0.39, 0.29) is 10.5 Å². The number of nitrogens with zero attached hydrogens (tertiary/aromatic N) is 2. The number of hydrogen-bond donors (Lipinski definition) is 1. The van der Waals surface area contributed by atoms with Gasteiger partial charge in [-0.1, -0.05) is 54.1 Å². The molecule has 5 rings (SSSR count).